The van der Waals surface area contributed by atoms with Crippen molar-refractivity contribution in [3.05, 3.63) is 47.5 Å². The molecule has 0 aliphatic rings. The average Bonchev–Trinajstić information content (AvgIpc) is 3.04. The lowest BCUT2D eigenvalue weighted by molar-refractivity contribution is 0.102. The van der Waals surface area contributed by atoms with Crippen LogP contribution < -0.4 is 21.3 Å². The van der Waals surface area contributed by atoms with E-state index in [2.05, 4.69) is 29.6 Å². The van der Waals surface area contributed by atoms with Crippen LogP contribution in [-0.4, -0.2) is 18.0 Å². The molecule has 6 nitrogen and oxygen atoms in total. The third kappa shape index (κ3) is 3.57. The fourth-order valence-electron chi connectivity index (χ4n) is 2.51. The first-order chi connectivity index (χ1) is 12.0. The molecule has 0 saturated heterocycles. The van der Waals surface area contributed by atoms with Crippen molar-refractivity contribution < 1.29 is 9.53 Å². The minimum Gasteiger partial charge on any atom is -0.494 e. The highest BCUT2D eigenvalue weighted by Crippen LogP contribution is 2.35. The molecule has 3 aromatic rings. The van der Waals surface area contributed by atoms with Gasteiger partial charge in [0.05, 0.1) is 11.8 Å². The van der Waals surface area contributed by atoms with E-state index in [0.717, 1.165) is 4.70 Å². The normalized spacial score (nSPS) is 10.9. The minimum atomic E-state index is -0.168. The number of ether oxygens (including phenoxy) is 1. The Morgan fingerprint density at radius 1 is 1.24 bits per heavy atom. The first kappa shape index (κ1) is 17.2. The number of benzene rings is 2. The summed E-state index contributed by atoms with van der Waals surface area (Å²) in [7, 11) is 1.57. The van der Waals surface area contributed by atoms with Crippen molar-refractivity contribution in [2.24, 2.45) is 5.84 Å². The van der Waals surface area contributed by atoms with Gasteiger partial charge in [0, 0.05) is 17.3 Å². The number of amides is 1. The zero-order valence-corrected chi connectivity index (χ0v) is 15.1. The molecule has 4 N–H and O–H groups in total. The molecule has 1 amide bonds. The van der Waals surface area contributed by atoms with Gasteiger partial charge in [0.1, 0.15) is 11.3 Å². The van der Waals surface area contributed by atoms with Crippen molar-refractivity contribution in [1.82, 2.24) is 4.98 Å². The molecule has 7 heteroatoms. The predicted molar refractivity (Wildman–Crippen MR) is 102 cm³/mol. The first-order valence-corrected chi connectivity index (χ1v) is 8.70. The van der Waals surface area contributed by atoms with Gasteiger partial charge in [-0.15, -0.1) is 0 Å². The second-order valence-corrected chi connectivity index (χ2v) is 6.95. The van der Waals surface area contributed by atoms with Gasteiger partial charge < -0.3 is 10.1 Å². The van der Waals surface area contributed by atoms with Crippen LogP contribution in [-0.2, 0) is 0 Å². The summed E-state index contributed by atoms with van der Waals surface area (Å²) in [6, 6.07) is 11.2. The van der Waals surface area contributed by atoms with Crippen LogP contribution in [0.25, 0.3) is 10.2 Å². The van der Waals surface area contributed by atoms with Gasteiger partial charge in [-0.2, -0.15) is 0 Å². The van der Waals surface area contributed by atoms with E-state index in [0.29, 0.717) is 33.6 Å². The van der Waals surface area contributed by atoms with Crippen LogP contribution in [0.3, 0.4) is 0 Å². The van der Waals surface area contributed by atoms with Crippen LogP contribution in [0.5, 0.6) is 5.75 Å². The zero-order chi connectivity index (χ0) is 18.0. The lowest BCUT2D eigenvalue weighted by atomic mass is 10.0. The second kappa shape index (κ2) is 7.08. The number of carbonyl (C=O) groups excluding carboxylic acids is 1. The third-order valence-corrected chi connectivity index (χ3v) is 4.83. The number of methoxy groups -OCH3 is 1. The molecule has 0 atom stereocenters. The van der Waals surface area contributed by atoms with Crippen molar-refractivity contribution in [1.29, 1.82) is 0 Å². The van der Waals surface area contributed by atoms with Crippen molar-refractivity contribution in [2.75, 3.05) is 17.9 Å². The molecule has 1 aromatic heterocycles. The fraction of sp³-hybridized carbons (Fsp3) is 0.222. The molecule has 0 aliphatic heterocycles. The van der Waals surface area contributed by atoms with E-state index in [4.69, 9.17) is 10.6 Å². The summed E-state index contributed by atoms with van der Waals surface area (Å²) < 4.78 is 6.25. The monoisotopic (exact) mass is 356 g/mol. The Labute approximate surface area is 150 Å². The number of fused-ring (bicyclic) bond motifs is 1. The van der Waals surface area contributed by atoms with Crippen molar-refractivity contribution >= 4 is 38.3 Å². The van der Waals surface area contributed by atoms with Gasteiger partial charge in [-0.1, -0.05) is 37.3 Å². The highest BCUT2D eigenvalue weighted by Gasteiger charge is 2.13. The Morgan fingerprint density at radius 3 is 2.56 bits per heavy atom. The molecule has 0 unspecified atom stereocenters. The van der Waals surface area contributed by atoms with E-state index in [1.54, 1.807) is 13.2 Å². The Morgan fingerprint density at radius 2 is 1.96 bits per heavy atom. The smallest absolute Gasteiger partial charge is 0.255 e. The van der Waals surface area contributed by atoms with Crippen LogP contribution in [0.15, 0.2) is 36.4 Å². The minimum absolute atomic E-state index is 0.168. The molecule has 2 aromatic carbocycles. The van der Waals surface area contributed by atoms with E-state index in [9.17, 15) is 4.79 Å². The number of thiazole rings is 1. The largest absolute Gasteiger partial charge is 0.494 e. The zero-order valence-electron chi connectivity index (χ0n) is 14.3. The van der Waals surface area contributed by atoms with E-state index in [1.807, 2.05) is 30.3 Å². The number of hydrogen-bond acceptors (Lipinski definition) is 6. The van der Waals surface area contributed by atoms with Crippen molar-refractivity contribution in [3.63, 3.8) is 0 Å². The molecule has 0 bridgehead atoms. The van der Waals surface area contributed by atoms with Gasteiger partial charge in [0.15, 0.2) is 5.13 Å². The molecule has 0 aliphatic carbocycles. The lowest BCUT2D eigenvalue weighted by Crippen LogP contribution is -2.12. The number of nitrogens with zero attached hydrogens (tertiary/aromatic N) is 1. The Kier molecular flexibility index (Phi) is 4.87. The molecular formula is C18H20N4O2S. The number of hydrazine groups is 1. The SMILES string of the molecule is COc1cc(NC(=O)c2ccc(C(C)C)cc2)cc2sc(NN)nc12. The summed E-state index contributed by atoms with van der Waals surface area (Å²) in [6.07, 6.45) is 0. The maximum Gasteiger partial charge on any atom is 0.255 e. The molecular weight excluding hydrogens is 336 g/mol. The molecule has 25 heavy (non-hydrogen) atoms. The molecule has 1 heterocycles. The Hall–Kier alpha value is -2.64. The van der Waals surface area contributed by atoms with Crippen LogP contribution >= 0.6 is 11.3 Å². The number of anilines is 2. The molecule has 0 saturated carbocycles. The number of aromatic nitrogens is 1. The predicted octanol–water partition coefficient (Wildman–Crippen LogP) is 3.97. The molecule has 3 rings (SSSR count). The topological polar surface area (TPSA) is 89.3 Å². The number of nitrogen functional groups attached to an aromatic ring is 1. The lowest BCUT2D eigenvalue weighted by Gasteiger charge is -2.09. The van der Waals surface area contributed by atoms with Crippen molar-refractivity contribution in [3.8, 4) is 5.75 Å². The van der Waals surface area contributed by atoms with Gasteiger partial charge in [-0.05, 0) is 29.7 Å². The Balaban J connectivity index is 1.87. The summed E-state index contributed by atoms with van der Waals surface area (Å²) in [5, 5.41) is 3.49. The van der Waals surface area contributed by atoms with Gasteiger partial charge in [-0.25, -0.2) is 10.8 Å². The maximum absolute atomic E-state index is 12.5. The highest BCUT2D eigenvalue weighted by molar-refractivity contribution is 7.22. The standard InChI is InChI=1S/C18H20N4O2S/c1-10(2)11-4-6-12(7-5-11)17(23)20-13-8-14(24-3)16-15(9-13)25-18(21-16)22-19/h4-10H,19H2,1-3H3,(H,20,23)(H,21,22). The van der Waals surface area contributed by atoms with E-state index in [1.165, 1.54) is 16.9 Å². The number of nitrogens with two attached hydrogens (primary N) is 1. The number of carbonyl (C=O) groups is 1. The van der Waals surface area contributed by atoms with E-state index < -0.39 is 0 Å². The third-order valence-electron chi connectivity index (χ3n) is 3.90. The van der Waals surface area contributed by atoms with Gasteiger partial charge >= 0.3 is 0 Å². The summed E-state index contributed by atoms with van der Waals surface area (Å²) >= 11 is 1.39. The van der Waals surface area contributed by atoms with Crippen LogP contribution in [0.1, 0.15) is 35.7 Å². The van der Waals surface area contributed by atoms with Gasteiger partial charge in [0.2, 0.25) is 0 Å². The van der Waals surface area contributed by atoms with Crippen LogP contribution in [0, 0.1) is 0 Å². The first-order valence-electron chi connectivity index (χ1n) is 7.88. The highest BCUT2D eigenvalue weighted by atomic mass is 32.1. The van der Waals surface area contributed by atoms with Gasteiger partial charge in [-0.3, -0.25) is 10.2 Å². The van der Waals surface area contributed by atoms with Gasteiger partial charge in [0.25, 0.3) is 5.91 Å². The average molecular weight is 356 g/mol. The van der Waals surface area contributed by atoms with Crippen LogP contribution in [0.4, 0.5) is 10.8 Å². The fourth-order valence-corrected chi connectivity index (χ4v) is 3.34. The Bertz CT molecular complexity index is 903. The summed E-state index contributed by atoms with van der Waals surface area (Å²) in [5.74, 6) is 6.27. The molecule has 0 radical (unpaired) electrons. The van der Waals surface area contributed by atoms with E-state index in [-0.39, 0.29) is 5.91 Å². The quantitative estimate of drug-likeness (QED) is 0.475. The summed E-state index contributed by atoms with van der Waals surface area (Å²) in [5.41, 5.74) is 5.70. The number of hydrogen-bond donors (Lipinski definition) is 3. The molecule has 0 spiro atoms. The number of rotatable bonds is 5. The number of nitrogens with one attached hydrogen (secondary N) is 2. The second-order valence-electron chi connectivity index (χ2n) is 5.92. The maximum atomic E-state index is 12.5. The van der Waals surface area contributed by atoms with Crippen LogP contribution in [0.2, 0.25) is 0 Å². The van der Waals surface area contributed by atoms with E-state index >= 15 is 0 Å². The van der Waals surface area contributed by atoms with Crippen molar-refractivity contribution in [2.45, 2.75) is 19.8 Å². The summed E-state index contributed by atoms with van der Waals surface area (Å²) in [6.45, 7) is 4.24. The summed E-state index contributed by atoms with van der Waals surface area (Å²) in [4.78, 5) is 16.8. The molecule has 130 valence electrons. The molecule has 0 fully saturated rings.